The van der Waals surface area contributed by atoms with Crippen molar-refractivity contribution in [3.8, 4) is 16.9 Å². The Bertz CT molecular complexity index is 1900. The molecule has 0 atom stereocenters. The number of rotatable bonds is 7. The number of nitrogens with zero attached hydrogens (tertiary/aromatic N) is 2. The van der Waals surface area contributed by atoms with Gasteiger partial charge in [0.05, 0.1) is 16.8 Å². The molecular weight excluding hydrogens is 556 g/mol. The smallest absolute Gasteiger partial charge is 0.296 e. The van der Waals surface area contributed by atoms with Crippen LogP contribution in [0.4, 0.5) is 22.7 Å². The Morgan fingerprint density at radius 3 is 1.88 bits per heavy atom. The number of aryl methyl sites for hydroxylation is 2. The van der Waals surface area contributed by atoms with Crippen LogP contribution in [0.3, 0.4) is 0 Å². The largest absolute Gasteiger partial charge is 0.505 e. The molecule has 0 saturated carbocycles. The lowest BCUT2D eigenvalue weighted by Gasteiger charge is -2.14. The van der Waals surface area contributed by atoms with Crippen LogP contribution in [-0.4, -0.2) is 37.1 Å². The van der Waals surface area contributed by atoms with Crippen molar-refractivity contribution < 1.29 is 31.0 Å². The van der Waals surface area contributed by atoms with Gasteiger partial charge < -0.3 is 16.2 Å². The van der Waals surface area contributed by atoms with Crippen molar-refractivity contribution in [2.24, 2.45) is 10.2 Å². The topological polar surface area (TPSA) is 192 Å². The van der Waals surface area contributed by atoms with Gasteiger partial charge in [-0.3, -0.25) is 9.11 Å². The first-order valence-corrected chi connectivity index (χ1v) is 14.9. The van der Waals surface area contributed by atoms with Crippen LogP contribution in [0.2, 0.25) is 0 Å². The highest BCUT2D eigenvalue weighted by Gasteiger charge is 2.26. The van der Waals surface area contributed by atoms with Gasteiger partial charge in [0.1, 0.15) is 15.5 Å². The van der Waals surface area contributed by atoms with Gasteiger partial charge in [0.25, 0.3) is 20.2 Å². The van der Waals surface area contributed by atoms with Crippen molar-refractivity contribution >= 4 is 53.8 Å². The van der Waals surface area contributed by atoms with Crippen LogP contribution in [-0.2, 0) is 20.2 Å². The number of nitrogens with two attached hydrogens (primary N) is 1. The van der Waals surface area contributed by atoms with Crippen LogP contribution < -0.4 is 11.1 Å². The monoisotopic (exact) mass is 584 g/mol. The van der Waals surface area contributed by atoms with E-state index in [0.29, 0.717) is 17.8 Å². The van der Waals surface area contributed by atoms with Crippen LogP contribution in [0.5, 0.6) is 5.75 Å². The van der Waals surface area contributed by atoms with E-state index in [4.69, 9.17) is 5.73 Å². The maximum atomic E-state index is 11.9. The molecule has 0 aromatic heterocycles. The summed E-state index contributed by atoms with van der Waals surface area (Å²) in [5.41, 5.74) is 10.5. The zero-order chi connectivity index (χ0) is 29.6. The molecular formula is C27H28N4O7S2. The normalized spacial score (nSPS) is 12.5. The highest BCUT2D eigenvalue weighted by molar-refractivity contribution is 7.87. The summed E-state index contributed by atoms with van der Waals surface area (Å²) in [6.07, 6.45) is 0. The number of phenols is 1. The van der Waals surface area contributed by atoms with Crippen LogP contribution >= 0.6 is 0 Å². The average molecular weight is 585 g/mol. The number of hydrogen-bond acceptors (Lipinski definition) is 9. The molecule has 0 bridgehead atoms. The van der Waals surface area contributed by atoms with E-state index in [0.717, 1.165) is 27.9 Å². The minimum absolute atomic E-state index is 0.152. The lowest BCUT2D eigenvalue weighted by molar-refractivity contribution is 0.481. The van der Waals surface area contributed by atoms with Crippen molar-refractivity contribution in [2.75, 3.05) is 11.1 Å². The number of hydrogen-bond donors (Lipinski definition) is 5. The molecule has 0 aliphatic carbocycles. The SMILES string of the molecule is Cc1cc(-c2ccc(NC(C)C)c(C)c2)ccc1N=Nc1ccc2c(S(=O)(=O)O)cc(S(=O)(=O)O)c(N)c2c1O. The summed E-state index contributed by atoms with van der Waals surface area (Å²) in [5, 5.41) is 21.8. The van der Waals surface area contributed by atoms with E-state index < -0.39 is 46.9 Å². The molecule has 0 fully saturated rings. The molecule has 0 aliphatic rings. The van der Waals surface area contributed by atoms with E-state index in [1.165, 1.54) is 12.1 Å². The average Bonchev–Trinajstić information content (AvgIpc) is 2.83. The van der Waals surface area contributed by atoms with Crippen molar-refractivity contribution in [1.82, 2.24) is 0 Å². The third kappa shape index (κ3) is 5.77. The van der Waals surface area contributed by atoms with E-state index in [1.54, 1.807) is 6.07 Å². The first-order chi connectivity index (χ1) is 18.6. The van der Waals surface area contributed by atoms with E-state index in [1.807, 2.05) is 38.1 Å². The molecule has 6 N–H and O–H groups in total. The van der Waals surface area contributed by atoms with Crippen molar-refractivity contribution in [1.29, 1.82) is 0 Å². The quantitative estimate of drug-likeness (QED) is 0.0963. The Balaban J connectivity index is 1.75. The minimum atomic E-state index is -5.01. The molecule has 4 aromatic carbocycles. The van der Waals surface area contributed by atoms with Gasteiger partial charge >= 0.3 is 0 Å². The zero-order valence-corrected chi connectivity index (χ0v) is 23.7. The van der Waals surface area contributed by atoms with Gasteiger partial charge in [-0.2, -0.15) is 21.9 Å². The summed E-state index contributed by atoms with van der Waals surface area (Å²) in [7, 11) is -9.96. The van der Waals surface area contributed by atoms with Gasteiger partial charge in [0.2, 0.25) is 0 Å². The zero-order valence-electron chi connectivity index (χ0n) is 22.0. The Labute approximate surface area is 231 Å². The number of nitrogen functional groups attached to an aromatic ring is 1. The van der Waals surface area contributed by atoms with Crippen LogP contribution in [0.15, 0.2) is 74.6 Å². The second-order valence-electron chi connectivity index (χ2n) is 9.62. The third-order valence-electron chi connectivity index (χ3n) is 6.24. The molecule has 4 aromatic rings. The number of azo groups is 1. The summed E-state index contributed by atoms with van der Waals surface area (Å²) in [5.74, 6) is -0.686. The third-order valence-corrected chi connectivity index (χ3v) is 8.03. The first-order valence-electron chi connectivity index (χ1n) is 12.0. The molecule has 0 amide bonds. The highest BCUT2D eigenvalue weighted by atomic mass is 32.2. The second kappa shape index (κ2) is 10.5. The lowest BCUT2D eigenvalue weighted by Crippen LogP contribution is -2.10. The maximum Gasteiger partial charge on any atom is 0.296 e. The Kier molecular flexibility index (Phi) is 7.60. The molecule has 0 saturated heterocycles. The van der Waals surface area contributed by atoms with Gasteiger partial charge in [-0.05, 0) is 86.3 Å². The van der Waals surface area contributed by atoms with Gasteiger partial charge in [-0.25, -0.2) is 0 Å². The summed E-state index contributed by atoms with van der Waals surface area (Å²) >= 11 is 0. The van der Waals surface area contributed by atoms with Crippen LogP contribution in [0, 0.1) is 13.8 Å². The van der Waals surface area contributed by atoms with E-state index in [-0.39, 0.29) is 11.1 Å². The molecule has 0 radical (unpaired) electrons. The Morgan fingerprint density at radius 2 is 1.32 bits per heavy atom. The Hall–Kier alpha value is -4.04. The van der Waals surface area contributed by atoms with Gasteiger partial charge in [0, 0.05) is 17.1 Å². The molecule has 13 heteroatoms. The molecule has 40 heavy (non-hydrogen) atoms. The summed E-state index contributed by atoms with van der Waals surface area (Å²) in [6.45, 7) is 8.02. The fourth-order valence-corrected chi connectivity index (χ4v) is 5.77. The molecule has 0 unspecified atom stereocenters. The number of aromatic hydroxyl groups is 1. The van der Waals surface area contributed by atoms with Crippen molar-refractivity contribution in [3.05, 3.63) is 65.7 Å². The molecule has 210 valence electrons. The number of phenolic OH excluding ortho intramolecular Hbond substituents is 1. The standard InChI is InChI=1S/C27H28N4O7S2/c1-14(2)29-20-8-5-17(11-15(20)3)18-6-9-21(16(4)12-18)30-31-22-10-7-19-23(39(33,34)35)13-24(40(36,37)38)26(28)25(19)27(22)32/h5-14,29,32H,28H2,1-4H3,(H,33,34,35)(H,36,37,38). The molecule has 11 nitrogen and oxygen atoms in total. The van der Waals surface area contributed by atoms with Crippen molar-refractivity contribution in [3.63, 3.8) is 0 Å². The van der Waals surface area contributed by atoms with E-state index >= 15 is 0 Å². The molecule has 4 rings (SSSR count). The maximum absolute atomic E-state index is 11.9. The summed E-state index contributed by atoms with van der Waals surface area (Å²) in [4.78, 5) is -1.86. The van der Waals surface area contributed by atoms with Gasteiger partial charge in [-0.1, -0.05) is 18.2 Å². The minimum Gasteiger partial charge on any atom is -0.505 e. The fraction of sp³-hybridized carbons (Fsp3) is 0.185. The van der Waals surface area contributed by atoms with Gasteiger partial charge in [0.15, 0.2) is 5.75 Å². The molecule has 0 spiro atoms. The first kappa shape index (κ1) is 29.0. The summed E-state index contributed by atoms with van der Waals surface area (Å²) < 4.78 is 66.5. The number of anilines is 2. The Morgan fingerprint density at radius 1 is 0.775 bits per heavy atom. The van der Waals surface area contributed by atoms with Crippen LogP contribution in [0.25, 0.3) is 21.9 Å². The number of fused-ring (bicyclic) bond motifs is 1. The predicted octanol–water partition coefficient (Wildman–Crippen LogP) is 6.14. The molecule has 0 heterocycles. The van der Waals surface area contributed by atoms with E-state index in [2.05, 4.69) is 35.5 Å². The molecule has 0 aliphatic heterocycles. The van der Waals surface area contributed by atoms with Gasteiger partial charge in [-0.15, -0.1) is 5.11 Å². The second-order valence-corrected chi connectivity index (χ2v) is 12.4. The lowest BCUT2D eigenvalue weighted by atomic mass is 10.00. The highest BCUT2D eigenvalue weighted by Crippen LogP contribution is 2.43. The number of benzene rings is 4. The van der Waals surface area contributed by atoms with E-state index in [9.17, 15) is 31.0 Å². The fourth-order valence-electron chi connectivity index (χ4n) is 4.33. The number of nitrogens with one attached hydrogen (secondary N) is 1. The van der Waals surface area contributed by atoms with Crippen LogP contribution in [0.1, 0.15) is 25.0 Å². The van der Waals surface area contributed by atoms with Crippen molar-refractivity contribution in [2.45, 2.75) is 43.5 Å². The summed E-state index contributed by atoms with van der Waals surface area (Å²) in [6, 6.07) is 15.0. The predicted molar refractivity (Wildman–Crippen MR) is 154 cm³/mol.